The Balaban J connectivity index is 1.52. The number of nitrogens with one attached hydrogen (secondary N) is 1. The zero-order chi connectivity index (χ0) is 22.3. The van der Waals surface area contributed by atoms with Crippen LogP contribution in [0, 0.1) is 11.8 Å². The van der Waals surface area contributed by atoms with Crippen LogP contribution in [-0.4, -0.2) is 38.6 Å². The van der Waals surface area contributed by atoms with Crippen molar-refractivity contribution in [3.63, 3.8) is 0 Å². The Labute approximate surface area is 198 Å². The van der Waals surface area contributed by atoms with E-state index in [2.05, 4.69) is 95.9 Å². The molecule has 1 heterocycles. The van der Waals surface area contributed by atoms with Gasteiger partial charge in [-0.1, -0.05) is 66.2 Å². The molecule has 4 heteroatoms. The maximum atomic E-state index is 6.20. The van der Waals surface area contributed by atoms with Crippen LogP contribution in [0.25, 0.3) is 0 Å². The summed E-state index contributed by atoms with van der Waals surface area (Å²) in [5.41, 5.74) is 5.37. The minimum absolute atomic E-state index is 0.607. The Morgan fingerprint density at radius 2 is 1.44 bits per heavy atom. The maximum Gasteiger partial charge on any atom is 0.0429 e. The van der Waals surface area contributed by atoms with Crippen molar-refractivity contribution in [2.75, 3.05) is 38.6 Å². The average molecular weight is 448 g/mol. The molecular weight excluding hydrogens is 414 g/mol. The topological polar surface area (TPSA) is 18.5 Å². The van der Waals surface area contributed by atoms with Crippen LogP contribution in [0.3, 0.4) is 0 Å². The van der Waals surface area contributed by atoms with Crippen LogP contribution >= 0.6 is 11.6 Å². The van der Waals surface area contributed by atoms with Crippen molar-refractivity contribution in [3.8, 4) is 0 Å². The molecular formula is C28H34ClN3. The molecule has 4 rings (SSSR count). The SMILES string of the molecule is CN(C)Cc1cccc(CN(C[C@H]2CNC[C@@H]2Cc2ccccc2)c2ccc(Cl)cc2)c1. The highest BCUT2D eigenvalue weighted by Crippen LogP contribution is 2.27. The second-order valence-electron chi connectivity index (χ2n) is 9.28. The lowest BCUT2D eigenvalue weighted by molar-refractivity contribution is 0.402. The standard InChI is InChI=1S/C28H34ClN3/c1-31(2)19-23-9-6-10-24(15-23)20-32(28-13-11-27(29)12-14-28)21-26-18-30-17-25(26)16-22-7-4-3-5-8-22/h3-15,25-26,30H,16-21H2,1-2H3/t25-,26+/m0/s1. The number of halogens is 1. The molecule has 2 atom stereocenters. The fourth-order valence-electron chi connectivity index (χ4n) is 4.76. The van der Waals surface area contributed by atoms with Gasteiger partial charge in [0.25, 0.3) is 0 Å². The van der Waals surface area contributed by atoms with Gasteiger partial charge in [-0.15, -0.1) is 0 Å². The van der Waals surface area contributed by atoms with Crippen molar-refractivity contribution in [1.82, 2.24) is 10.2 Å². The lowest BCUT2D eigenvalue weighted by Gasteiger charge is -2.30. The van der Waals surface area contributed by atoms with Crippen LogP contribution in [0.4, 0.5) is 5.69 Å². The Hall–Kier alpha value is -2.33. The van der Waals surface area contributed by atoms with E-state index in [0.29, 0.717) is 11.8 Å². The molecule has 0 radical (unpaired) electrons. The van der Waals surface area contributed by atoms with E-state index >= 15 is 0 Å². The molecule has 1 aliphatic rings. The summed E-state index contributed by atoms with van der Waals surface area (Å²) >= 11 is 6.20. The van der Waals surface area contributed by atoms with Crippen molar-refractivity contribution in [1.29, 1.82) is 0 Å². The molecule has 1 fully saturated rings. The fraction of sp³-hybridized carbons (Fsp3) is 0.357. The lowest BCUT2D eigenvalue weighted by Crippen LogP contribution is -2.33. The molecule has 1 aliphatic heterocycles. The molecule has 3 aromatic carbocycles. The van der Waals surface area contributed by atoms with E-state index < -0.39 is 0 Å². The molecule has 1 saturated heterocycles. The zero-order valence-corrected chi connectivity index (χ0v) is 19.9. The van der Waals surface area contributed by atoms with Gasteiger partial charge in [0.1, 0.15) is 0 Å². The van der Waals surface area contributed by atoms with Crippen LogP contribution in [0.5, 0.6) is 0 Å². The first kappa shape index (κ1) is 22.8. The lowest BCUT2D eigenvalue weighted by atomic mass is 9.89. The predicted octanol–water partition coefficient (Wildman–Crippen LogP) is 5.49. The van der Waals surface area contributed by atoms with Gasteiger partial charge in [-0.3, -0.25) is 0 Å². The van der Waals surface area contributed by atoms with Gasteiger partial charge in [-0.2, -0.15) is 0 Å². The third kappa shape index (κ3) is 6.35. The third-order valence-corrected chi connectivity index (χ3v) is 6.58. The summed E-state index contributed by atoms with van der Waals surface area (Å²) in [5, 5.41) is 4.43. The highest BCUT2D eigenvalue weighted by atomic mass is 35.5. The summed E-state index contributed by atoms with van der Waals surface area (Å²) in [6.45, 7) is 5.05. The summed E-state index contributed by atoms with van der Waals surface area (Å²) in [4.78, 5) is 4.75. The molecule has 0 amide bonds. The highest BCUT2D eigenvalue weighted by Gasteiger charge is 2.29. The maximum absolute atomic E-state index is 6.20. The fourth-order valence-corrected chi connectivity index (χ4v) is 4.89. The molecule has 0 spiro atoms. The first-order valence-corrected chi connectivity index (χ1v) is 11.9. The van der Waals surface area contributed by atoms with Crippen molar-refractivity contribution in [2.45, 2.75) is 19.5 Å². The van der Waals surface area contributed by atoms with Gasteiger partial charge in [0.15, 0.2) is 0 Å². The molecule has 0 aliphatic carbocycles. The van der Waals surface area contributed by atoms with Gasteiger partial charge in [0, 0.05) is 30.3 Å². The van der Waals surface area contributed by atoms with Crippen LogP contribution in [-0.2, 0) is 19.5 Å². The number of hydrogen-bond donors (Lipinski definition) is 1. The second kappa shape index (κ2) is 11.0. The smallest absolute Gasteiger partial charge is 0.0429 e. The number of hydrogen-bond acceptors (Lipinski definition) is 3. The first-order valence-electron chi connectivity index (χ1n) is 11.5. The molecule has 1 N–H and O–H groups in total. The van der Waals surface area contributed by atoms with E-state index in [9.17, 15) is 0 Å². The molecule has 32 heavy (non-hydrogen) atoms. The molecule has 3 nitrogen and oxygen atoms in total. The minimum atomic E-state index is 0.607. The van der Waals surface area contributed by atoms with Gasteiger partial charge in [-0.25, -0.2) is 0 Å². The quantitative estimate of drug-likeness (QED) is 0.468. The van der Waals surface area contributed by atoms with Gasteiger partial charge < -0.3 is 15.1 Å². The summed E-state index contributed by atoms with van der Waals surface area (Å²) < 4.78 is 0. The largest absolute Gasteiger partial charge is 0.367 e. The zero-order valence-electron chi connectivity index (χ0n) is 19.2. The summed E-state index contributed by atoms with van der Waals surface area (Å²) in [6.07, 6.45) is 1.13. The molecule has 168 valence electrons. The Kier molecular flexibility index (Phi) is 7.85. The summed E-state index contributed by atoms with van der Waals surface area (Å²) in [7, 11) is 4.24. The average Bonchev–Trinajstić information content (AvgIpc) is 3.21. The van der Waals surface area contributed by atoms with Crippen LogP contribution in [0.2, 0.25) is 5.02 Å². The van der Waals surface area contributed by atoms with Crippen LogP contribution in [0.1, 0.15) is 16.7 Å². The van der Waals surface area contributed by atoms with Gasteiger partial charge >= 0.3 is 0 Å². The van der Waals surface area contributed by atoms with E-state index in [1.165, 1.54) is 22.4 Å². The van der Waals surface area contributed by atoms with E-state index in [0.717, 1.165) is 44.2 Å². The first-order chi connectivity index (χ1) is 15.6. The van der Waals surface area contributed by atoms with Gasteiger partial charge in [0.2, 0.25) is 0 Å². The van der Waals surface area contributed by atoms with Crippen LogP contribution in [0.15, 0.2) is 78.9 Å². The summed E-state index contributed by atoms with van der Waals surface area (Å²) in [5.74, 6) is 1.25. The normalized spacial score (nSPS) is 18.2. The second-order valence-corrected chi connectivity index (χ2v) is 9.72. The van der Waals surface area contributed by atoms with E-state index in [1.54, 1.807) is 0 Å². The van der Waals surface area contributed by atoms with Gasteiger partial charge in [-0.05, 0) is 86.4 Å². The minimum Gasteiger partial charge on any atom is -0.367 e. The summed E-state index contributed by atoms with van der Waals surface area (Å²) in [6, 6.07) is 28.2. The Morgan fingerprint density at radius 3 is 2.16 bits per heavy atom. The van der Waals surface area contributed by atoms with Crippen molar-refractivity contribution in [2.24, 2.45) is 11.8 Å². The monoisotopic (exact) mass is 447 g/mol. The number of rotatable bonds is 9. The van der Waals surface area contributed by atoms with Crippen LogP contribution < -0.4 is 10.2 Å². The molecule has 3 aromatic rings. The van der Waals surface area contributed by atoms with E-state index in [-0.39, 0.29) is 0 Å². The Bertz CT molecular complexity index is 971. The van der Waals surface area contributed by atoms with Gasteiger partial charge in [0.05, 0.1) is 0 Å². The third-order valence-electron chi connectivity index (χ3n) is 6.33. The number of benzene rings is 3. The molecule has 0 aromatic heterocycles. The predicted molar refractivity (Wildman–Crippen MR) is 136 cm³/mol. The molecule has 0 saturated carbocycles. The van der Waals surface area contributed by atoms with Crippen molar-refractivity contribution >= 4 is 17.3 Å². The van der Waals surface area contributed by atoms with Crippen molar-refractivity contribution in [3.05, 3.63) is 101 Å². The number of nitrogens with zero attached hydrogens (tertiary/aromatic N) is 2. The Morgan fingerprint density at radius 1 is 0.781 bits per heavy atom. The highest BCUT2D eigenvalue weighted by molar-refractivity contribution is 6.30. The van der Waals surface area contributed by atoms with Crippen molar-refractivity contribution < 1.29 is 0 Å². The number of anilines is 1. The molecule has 0 bridgehead atoms. The van der Waals surface area contributed by atoms with E-state index in [4.69, 9.17) is 11.6 Å². The van der Waals surface area contributed by atoms with E-state index in [1.807, 2.05) is 12.1 Å². The molecule has 0 unspecified atom stereocenters.